The molecule has 2 N–H and O–H groups in total. The third kappa shape index (κ3) is 2.00. The molecular weight excluding hydrogens is 278 g/mol. The lowest BCUT2D eigenvalue weighted by molar-refractivity contribution is -0.138. The molecule has 1 aromatic carbocycles. The molecule has 0 bridgehead atoms. The maximum absolute atomic E-state index is 10.9. The van der Waals surface area contributed by atoms with Gasteiger partial charge in [-0.1, -0.05) is 11.6 Å². The molecule has 5 nitrogen and oxygen atoms in total. The molecule has 7 heteroatoms. The van der Waals surface area contributed by atoms with E-state index in [4.69, 9.17) is 26.2 Å². The number of hydrogen-bond acceptors (Lipinski definition) is 5. The van der Waals surface area contributed by atoms with Crippen LogP contribution in [0, 0.1) is 0 Å². The van der Waals surface area contributed by atoms with Crippen molar-refractivity contribution >= 4 is 29.3 Å². The van der Waals surface area contributed by atoms with Crippen LogP contribution in [0.3, 0.4) is 0 Å². The van der Waals surface area contributed by atoms with E-state index in [1.165, 1.54) is 11.8 Å². The summed E-state index contributed by atoms with van der Waals surface area (Å²) in [7, 11) is 0. The highest BCUT2D eigenvalue weighted by atomic mass is 35.5. The second kappa shape index (κ2) is 4.53. The van der Waals surface area contributed by atoms with Crippen molar-refractivity contribution in [3.05, 3.63) is 22.7 Å². The fourth-order valence-electron chi connectivity index (χ4n) is 1.95. The van der Waals surface area contributed by atoms with Gasteiger partial charge in [-0.15, -0.1) is 11.8 Å². The summed E-state index contributed by atoms with van der Waals surface area (Å²) >= 11 is 7.63. The fourth-order valence-corrected chi connectivity index (χ4v) is 3.43. The van der Waals surface area contributed by atoms with E-state index < -0.39 is 12.0 Å². The largest absolute Gasteiger partial charge is 0.480 e. The van der Waals surface area contributed by atoms with Gasteiger partial charge in [0.05, 0.1) is 10.4 Å². The molecule has 0 spiro atoms. The Kier molecular flexibility index (Phi) is 3.01. The number of carboxylic acids is 1. The quantitative estimate of drug-likeness (QED) is 0.865. The second-order valence-corrected chi connectivity index (χ2v) is 5.55. The first-order chi connectivity index (χ1) is 8.65. The van der Waals surface area contributed by atoms with Crippen LogP contribution in [0.2, 0.25) is 5.02 Å². The molecule has 1 unspecified atom stereocenters. The Morgan fingerprint density at radius 1 is 1.50 bits per heavy atom. The molecule has 1 aromatic rings. The number of carbonyl (C=O) groups is 1. The van der Waals surface area contributed by atoms with E-state index >= 15 is 0 Å². The molecule has 0 aliphatic carbocycles. The number of rotatable bonds is 2. The topological polar surface area (TPSA) is 67.8 Å². The number of thioether (sulfide) groups is 1. The van der Waals surface area contributed by atoms with Gasteiger partial charge >= 0.3 is 5.97 Å². The minimum atomic E-state index is -0.836. The lowest BCUT2D eigenvalue weighted by Crippen LogP contribution is -2.33. The minimum Gasteiger partial charge on any atom is -0.480 e. The van der Waals surface area contributed by atoms with Crippen molar-refractivity contribution in [3.8, 4) is 11.5 Å². The average molecular weight is 288 g/mol. The van der Waals surface area contributed by atoms with Gasteiger partial charge in [0.1, 0.15) is 6.04 Å². The predicted molar refractivity (Wildman–Crippen MR) is 67.3 cm³/mol. The number of nitrogens with one attached hydrogen (secondary N) is 1. The number of benzene rings is 1. The van der Waals surface area contributed by atoms with E-state index in [2.05, 4.69) is 5.32 Å². The molecule has 3 rings (SSSR count). The molecular formula is C11H10ClNO4S. The van der Waals surface area contributed by atoms with Crippen molar-refractivity contribution in [2.75, 3.05) is 12.5 Å². The summed E-state index contributed by atoms with van der Waals surface area (Å²) in [5.74, 6) is 0.861. The smallest absolute Gasteiger partial charge is 0.321 e. The van der Waals surface area contributed by atoms with E-state index in [-0.39, 0.29) is 12.2 Å². The van der Waals surface area contributed by atoms with Crippen LogP contribution >= 0.6 is 23.4 Å². The van der Waals surface area contributed by atoms with Crippen LogP contribution < -0.4 is 14.8 Å². The Bertz CT molecular complexity index is 510. The van der Waals surface area contributed by atoms with Crippen molar-refractivity contribution in [1.29, 1.82) is 0 Å². The van der Waals surface area contributed by atoms with Crippen molar-refractivity contribution < 1.29 is 19.4 Å². The lowest BCUT2D eigenvalue weighted by Gasteiger charge is -2.12. The fraction of sp³-hybridized carbons (Fsp3) is 0.364. The maximum atomic E-state index is 10.9. The van der Waals surface area contributed by atoms with Gasteiger partial charge in [-0.3, -0.25) is 10.1 Å². The van der Waals surface area contributed by atoms with Crippen LogP contribution in [-0.2, 0) is 4.79 Å². The summed E-state index contributed by atoms with van der Waals surface area (Å²) in [5.41, 5.74) is 0.901. The van der Waals surface area contributed by atoms with Gasteiger partial charge in [0, 0.05) is 5.75 Å². The molecule has 96 valence electrons. The van der Waals surface area contributed by atoms with E-state index in [0.717, 1.165) is 5.56 Å². The summed E-state index contributed by atoms with van der Waals surface area (Å²) < 4.78 is 10.5. The zero-order valence-corrected chi connectivity index (χ0v) is 10.8. The Morgan fingerprint density at radius 3 is 3.06 bits per heavy atom. The first-order valence-corrected chi connectivity index (χ1v) is 6.77. The molecule has 1 saturated heterocycles. The SMILES string of the molecule is O=C(O)[C@H]1CSC(c2cc(Cl)c3c(c2)OCO3)N1. The highest BCUT2D eigenvalue weighted by Crippen LogP contribution is 2.43. The van der Waals surface area contributed by atoms with Gasteiger partial charge in [0.15, 0.2) is 11.5 Å². The summed E-state index contributed by atoms with van der Waals surface area (Å²) in [6.45, 7) is 0.168. The number of ether oxygens (including phenoxy) is 2. The maximum Gasteiger partial charge on any atom is 0.321 e. The van der Waals surface area contributed by atoms with Gasteiger partial charge in [-0.05, 0) is 17.7 Å². The third-order valence-corrected chi connectivity index (χ3v) is 4.38. The summed E-state index contributed by atoms with van der Waals surface area (Å²) in [6.07, 6.45) is 0. The monoisotopic (exact) mass is 287 g/mol. The van der Waals surface area contributed by atoms with Gasteiger partial charge in [0.25, 0.3) is 0 Å². The molecule has 0 radical (unpaired) electrons. The van der Waals surface area contributed by atoms with Crippen LogP contribution in [0.4, 0.5) is 0 Å². The zero-order chi connectivity index (χ0) is 12.7. The normalized spacial score (nSPS) is 25.4. The highest BCUT2D eigenvalue weighted by Gasteiger charge is 2.31. The number of halogens is 1. The third-order valence-electron chi connectivity index (χ3n) is 2.83. The lowest BCUT2D eigenvalue weighted by atomic mass is 10.2. The van der Waals surface area contributed by atoms with Crippen molar-refractivity contribution in [1.82, 2.24) is 5.32 Å². The van der Waals surface area contributed by atoms with E-state index in [1.54, 1.807) is 6.07 Å². The molecule has 2 aliphatic heterocycles. The molecule has 2 aliphatic rings. The number of fused-ring (bicyclic) bond motifs is 1. The van der Waals surface area contributed by atoms with Gasteiger partial charge in [-0.25, -0.2) is 0 Å². The Balaban J connectivity index is 1.86. The van der Waals surface area contributed by atoms with Crippen LogP contribution in [-0.4, -0.2) is 29.7 Å². The highest BCUT2D eigenvalue weighted by molar-refractivity contribution is 7.99. The summed E-state index contributed by atoms with van der Waals surface area (Å²) in [6, 6.07) is 3.09. The standard InChI is InChI=1S/C11H10ClNO4S/c12-6-1-5(2-8-9(6)17-4-16-8)10-13-7(3-18-10)11(14)15/h1-2,7,10,13H,3-4H2,(H,14,15)/t7-,10?/m1/s1. The number of aliphatic carboxylic acids is 1. The van der Waals surface area contributed by atoms with Crippen LogP contribution in [0.1, 0.15) is 10.9 Å². The zero-order valence-electron chi connectivity index (χ0n) is 9.18. The predicted octanol–water partition coefficient (Wildman–Crippen LogP) is 1.86. The van der Waals surface area contributed by atoms with E-state index in [0.29, 0.717) is 22.3 Å². The molecule has 0 amide bonds. The van der Waals surface area contributed by atoms with Crippen molar-refractivity contribution in [2.24, 2.45) is 0 Å². The summed E-state index contributed by atoms with van der Waals surface area (Å²) in [4.78, 5) is 10.9. The molecule has 0 aromatic heterocycles. The molecule has 2 atom stereocenters. The Morgan fingerprint density at radius 2 is 2.33 bits per heavy atom. The van der Waals surface area contributed by atoms with Crippen LogP contribution in [0.15, 0.2) is 12.1 Å². The molecule has 18 heavy (non-hydrogen) atoms. The first kappa shape index (κ1) is 12.0. The van der Waals surface area contributed by atoms with Gasteiger partial charge < -0.3 is 14.6 Å². The van der Waals surface area contributed by atoms with Gasteiger partial charge in [-0.2, -0.15) is 0 Å². The minimum absolute atomic E-state index is 0.0851. The Labute approximate surface area is 112 Å². The first-order valence-electron chi connectivity index (χ1n) is 5.34. The summed E-state index contributed by atoms with van der Waals surface area (Å²) in [5, 5.41) is 12.4. The molecule has 0 saturated carbocycles. The molecule has 1 fully saturated rings. The van der Waals surface area contributed by atoms with Crippen LogP contribution in [0.5, 0.6) is 11.5 Å². The molecule has 2 heterocycles. The van der Waals surface area contributed by atoms with Gasteiger partial charge in [0.2, 0.25) is 6.79 Å². The Hall–Kier alpha value is -1.11. The van der Waals surface area contributed by atoms with E-state index in [1.807, 2.05) is 6.07 Å². The van der Waals surface area contributed by atoms with E-state index in [9.17, 15) is 4.79 Å². The average Bonchev–Trinajstić information content (AvgIpc) is 2.97. The second-order valence-electron chi connectivity index (χ2n) is 4.01. The van der Waals surface area contributed by atoms with Crippen molar-refractivity contribution in [2.45, 2.75) is 11.4 Å². The number of carboxylic acid groups (broad SMARTS) is 1. The number of hydrogen-bond donors (Lipinski definition) is 2. The van der Waals surface area contributed by atoms with Crippen LogP contribution in [0.25, 0.3) is 0 Å². The van der Waals surface area contributed by atoms with Crippen molar-refractivity contribution in [3.63, 3.8) is 0 Å².